The maximum Gasteiger partial charge on any atom is 0.296 e. The van der Waals surface area contributed by atoms with Crippen molar-refractivity contribution >= 4 is 21.8 Å². The van der Waals surface area contributed by atoms with Crippen LogP contribution in [0.5, 0.6) is 5.75 Å². The van der Waals surface area contributed by atoms with Gasteiger partial charge in [-0.1, -0.05) is 12.1 Å². The number of carbonyl (C=O) groups is 1. The highest BCUT2D eigenvalue weighted by atomic mass is 32.2. The summed E-state index contributed by atoms with van der Waals surface area (Å²) in [6, 6.07) is 17.9. The van der Waals surface area contributed by atoms with E-state index in [-0.39, 0.29) is 18.9 Å². The van der Waals surface area contributed by atoms with Crippen molar-refractivity contribution in [1.29, 1.82) is 0 Å². The first kappa shape index (κ1) is 21.4. The van der Waals surface area contributed by atoms with Crippen LogP contribution in [0, 0.1) is 0 Å². The number of hydrogen-bond donors (Lipinski definition) is 3. The largest absolute Gasteiger partial charge is 0.497 e. The Kier molecular flexibility index (Phi) is 6.76. The van der Waals surface area contributed by atoms with E-state index < -0.39 is 10.2 Å². The van der Waals surface area contributed by atoms with Crippen LogP contribution in [-0.4, -0.2) is 21.4 Å². The Labute approximate surface area is 175 Å². The molecule has 2 aromatic carbocycles. The molecular weight excluding hydrogens is 406 g/mol. The normalized spacial score (nSPS) is 11.1. The Balaban J connectivity index is 1.49. The van der Waals surface area contributed by atoms with E-state index in [4.69, 9.17) is 14.3 Å². The number of nitrogens with two attached hydrogens (primary N) is 1. The lowest BCUT2D eigenvalue weighted by molar-refractivity contribution is -0.121. The average Bonchev–Trinajstić information content (AvgIpc) is 3.19. The van der Waals surface area contributed by atoms with Gasteiger partial charge in [0.2, 0.25) is 5.91 Å². The number of carbonyl (C=O) groups excluding carboxylic acids is 1. The van der Waals surface area contributed by atoms with E-state index in [1.165, 1.54) is 0 Å². The zero-order valence-corrected chi connectivity index (χ0v) is 17.2. The standard InChI is InChI=1S/C21H23N3O5S/c1-28-18-7-5-16(6-8-18)20-11-9-19(29-20)10-12-21(25)23-14-15-3-2-4-17(13-15)24-30(22,26)27/h2-9,11,13,24H,10,12,14H2,1H3,(H,23,25)(H2,22,26,27). The monoisotopic (exact) mass is 429 g/mol. The minimum atomic E-state index is -3.84. The van der Waals surface area contributed by atoms with Crippen LogP contribution in [0.15, 0.2) is 65.1 Å². The number of aryl methyl sites for hydroxylation is 1. The third-order valence-electron chi connectivity index (χ3n) is 4.31. The molecule has 0 fully saturated rings. The van der Waals surface area contributed by atoms with E-state index in [9.17, 15) is 13.2 Å². The smallest absolute Gasteiger partial charge is 0.296 e. The van der Waals surface area contributed by atoms with Crippen LogP contribution in [0.2, 0.25) is 0 Å². The minimum absolute atomic E-state index is 0.137. The maximum atomic E-state index is 12.2. The van der Waals surface area contributed by atoms with E-state index in [2.05, 4.69) is 10.0 Å². The molecule has 0 aliphatic carbocycles. The van der Waals surface area contributed by atoms with Gasteiger partial charge < -0.3 is 14.5 Å². The van der Waals surface area contributed by atoms with Crippen molar-refractivity contribution in [3.63, 3.8) is 0 Å². The highest BCUT2D eigenvalue weighted by Gasteiger charge is 2.09. The molecule has 3 aromatic rings. The predicted molar refractivity (Wildman–Crippen MR) is 114 cm³/mol. The Morgan fingerprint density at radius 1 is 1.10 bits per heavy atom. The lowest BCUT2D eigenvalue weighted by atomic mass is 10.2. The predicted octanol–water partition coefficient (Wildman–Crippen LogP) is 2.82. The van der Waals surface area contributed by atoms with Gasteiger partial charge in [-0.15, -0.1) is 0 Å². The van der Waals surface area contributed by atoms with Gasteiger partial charge in [0.15, 0.2) is 0 Å². The molecule has 30 heavy (non-hydrogen) atoms. The molecule has 0 spiro atoms. The molecule has 0 saturated heterocycles. The van der Waals surface area contributed by atoms with Crippen molar-refractivity contribution < 1.29 is 22.4 Å². The summed E-state index contributed by atoms with van der Waals surface area (Å²) in [6.45, 7) is 0.272. The van der Waals surface area contributed by atoms with Gasteiger partial charge in [0, 0.05) is 24.9 Å². The Hall–Kier alpha value is -3.30. The summed E-state index contributed by atoms with van der Waals surface area (Å²) in [5.74, 6) is 2.08. The number of benzene rings is 2. The summed E-state index contributed by atoms with van der Waals surface area (Å²) in [7, 11) is -2.23. The number of amides is 1. The van der Waals surface area contributed by atoms with Crippen LogP contribution in [0.3, 0.4) is 0 Å². The van der Waals surface area contributed by atoms with Crippen molar-refractivity contribution in [2.24, 2.45) is 5.14 Å². The van der Waals surface area contributed by atoms with E-state index in [0.29, 0.717) is 12.1 Å². The van der Waals surface area contributed by atoms with Gasteiger partial charge in [-0.05, 0) is 54.1 Å². The van der Waals surface area contributed by atoms with Gasteiger partial charge in [-0.2, -0.15) is 8.42 Å². The molecule has 4 N–H and O–H groups in total. The molecule has 0 radical (unpaired) electrons. The maximum absolute atomic E-state index is 12.2. The van der Waals surface area contributed by atoms with Gasteiger partial charge in [0.05, 0.1) is 12.8 Å². The first-order chi connectivity index (χ1) is 14.3. The van der Waals surface area contributed by atoms with Gasteiger partial charge in [-0.25, -0.2) is 5.14 Å². The highest BCUT2D eigenvalue weighted by molar-refractivity contribution is 7.90. The number of methoxy groups -OCH3 is 1. The number of hydrogen-bond acceptors (Lipinski definition) is 5. The Morgan fingerprint density at radius 3 is 2.57 bits per heavy atom. The summed E-state index contributed by atoms with van der Waals surface area (Å²) in [6.07, 6.45) is 0.736. The first-order valence-electron chi connectivity index (χ1n) is 9.22. The van der Waals surface area contributed by atoms with Crippen molar-refractivity contribution in [3.05, 3.63) is 72.0 Å². The lowest BCUT2D eigenvalue weighted by Gasteiger charge is -2.08. The molecule has 1 aromatic heterocycles. The molecule has 9 heteroatoms. The van der Waals surface area contributed by atoms with Crippen LogP contribution in [0.4, 0.5) is 5.69 Å². The van der Waals surface area contributed by atoms with Crippen LogP contribution >= 0.6 is 0 Å². The van der Waals surface area contributed by atoms with Crippen LogP contribution in [0.25, 0.3) is 11.3 Å². The van der Waals surface area contributed by atoms with Gasteiger partial charge in [0.1, 0.15) is 17.3 Å². The molecule has 3 rings (SSSR count). The second kappa shape index (κ2) is 9.47. The fourth-order valence-electron chi connectivity index (χ4n) is 2.86. The molecule has 8 nitrogen and oxygen atoms in total. The molecule has 0 saturated carbocycles. The molecule has 0 bridgehead atoms. The number of nitrogens with one attached hydrogen (secondary N) is 2. The van der Waals surface area contributed by atoms with Crippen LogP contribution in [0.1, 0.15) is 17.7 Å². The third kappa shape index (κ3) is 6.36. The van der Waals surface area contributed by atoms with Crippen molar-refractivity contribution in [3.8, 4) is 17.1 Å². The summed E-state index contributed by atoms with van der Waals surface area (Å²) >= 11 is 0. The summed E-state index contributed by atoms with van der Waals surface area (Å²) < 4.78 is 35.4. The molecule has 0 unspecified atom stereocenters. The van der Waals surface area contributed by atoms with Crippen molar-refractivity contribution in [2.45, 2.75) is 19.4 Å². The summed E-state index contributed by atoms with van der Waals surface area (Å²) in [5, 5.41) is 7.77. The van der Waals surface area contributed by atoms with E-state index in [1.807, 2.05) is 36.4 Å². The van der Waals surface area contributed by atoms with Gasteiger partial charge >= 0.3 is 0 Å². The minimum Gasteiger partial charge on any atom is -0.497 e. The lowest BCUT2D eigenvalue weighted by Crippen LogP contribution is -2.23. The molecule has 0 aliphatic rings. The number of ether oxygens (including phenoxy) is 1. The Morgan fingerprint density at radius 2 is 1.87 bits per heavy atom. The number of furan rings is 1. The fraction of sp³-hybridized carbons (Fsp3) is 0.190. The molecular formula is C21H23N3O5S. The van der Waals surface area contributed by atoms with Gasteiger partial charge in [-0.3, -0.25) is 9.52 Å². The number of anilines is 1. The first-order valence-corrected chi connectivity index (χ1v) is 10.8. The molecule has 1 heterocycles. The number of rotatable bonds is 9. The zero-order chi connectivity index (χ0) is 21.6. The second-order valence-electron chi connectivity index (χ2n) is 6.62. The quantitative estimate of drug-likeness (QED) is 0.483. The van der Waals surface area contributed by atoms with Crippen molar-refractivity contribution in [2.75, 3.05) is 11.8 Å². The summed E-state index contributed by atoms with van der Waals surface area (Å²) in [4.78, 5) is 12.2. The van der Waals surface area contributed by atoms with E-state index >= 15 is 0 Å². The van der Waals surface area contributed by atoms with Crippen LogP contribution < -0.4 is 19.9 Å². The average molecular weight is 429 g/mol. The topological polar surface area (TPSA) is 124 Å². The third-order valence-corrected chi connectivity index (χ3v) is 4.83. The van der Waals surface area contributed by atoms with E-state index in [1.54, 1.807) is 31.4 Å². The molecule has 158 valence electrons. The molecule has 1 amide bonds. The SMILES string of the molecule is COc1ccc(-c2ccc(CCC(=O)NCc3cccc(NS(N)(=O)=O)c3)o2)cc1. The van der Waals surface area contributed by atoms with Crippen molar-refractivity contribution in [1.82, 2.24) is 5.32 Å². The fourth-order valence-corrected chi connectivity index (χ4v) is 3.31. The highest BCUT2D eigenvalue weighted by Crippen LogP contribution is 2.25. The van der Waals surface area contributed by atoms with Crippen LogP contribution in [-0.2, 0) is 28.0 Å². The second-order valence-corrected chi connectivity index (χ2v) is 7.91. The summed E-state index contributed by atoms with van der Waals surface area (Å²) in [5.41, 5.74) is 2.02. The van der Waals surface area contributed by atoms with Gasteiger partial charge in [0.25, 0.3) is 10.2 Å². The Bertz CT molecular complexity index is 1110. The molecule has 0 atom stereocenters. The molecule has 0 aliphatic heterocycles. The van der Waals surface area contributed by atoms with E-state index in [0.717, 1.165) is 28.4 Å². The zero-order valence-electron chi connectivity index (χ0n) is 16.4.